The highest BCUT2D eigenvalue weighted by atomic mass is 16.5. The average Bonchev–Trinajstić information content (AvgIpc) is 2.22. The van der Waals surface area contributed by atoms with E-state index in [1.807, 2.05) is 12.1 Å². The standard InChI is InChI=1S/C9H10O2.CH4O/c10-8-5-1-3-7-4-2-6-11-9(7)8;1-2/h1,3,5,10H,2,4,6H2;2H,1H3. The summed E-state index contributed by atoms with van der Waals surface area (Å²) in [5, 5.41) is 16.3. The maximum Gasteiger partial charge on any atom is 0.164 e. The molecule has 1 aliphatic rings. The molecule has 1 aliphatic heterocycles. The van der Waals surface area contributed by atoms with Crippen LogP contribution >= 0.6 is 0 Å². The smallest absolute Gasteiger partial charge is 0.164 e. The summed E-state index contributed by atoms with van der Waals surface area (Å²) in [5.41, 5.74) is 1.12. The van der Waals surface area contributed by atoms with E-state index in [1.54, 1.807) is 6.07 Å². The molecule has 0 aliphatic carbocycles. The molecule has 0 spiro atoms. The lowest BCUT2D eigenvalue weighted by atomic mass is 10.1. The first kappa shape index (κ1) is 9.86. The van der Waals surface area contributed by atoms with Crippen LogP contribution in [0.4, 0.5) is 0 Å². The van der Waals surface area contributed by atoms with Crippen molar-refractivity contribution in [1.82, 2.24) is 0 Å². The number of aromatic hydroxyl groups is 1. The van der Waals surface area contributed by atoms with Crippen molar-refractivity contribution in [3.05, 3.63) is 23.8 Å². The highest BCUT2D eigenvalue weighted by molar-refractivity contribution is 5.46. The van der Waals surface area contributed by atoms with Crippen molar-refractivity contribution < 1.29 is 14.9 Å². The molecular formula is C10H14O3. The number of phenolic OH excluding ortho intramolecular Hbond substituents is 1. The van der Waals surface area contributed by atoms with E-state index in [0.717, 1.165) is 32.1 Å². The number of phenols is 1. The van der Waals surface area contributed by atoms with Gasteiger partial charge >= 0.3 is 0 Å². The molecule has 1 heterocycles. The molecular weight excluding hydrogens is 168 g/mol. The van der Waals surface area contributed by atoms with Gasteiger partial charge in [-0.2, -0.15) is 0 Å². The van der Waals surface area contributed by atoms with Crippen molar-refractivity contribution in [2.24, 2.45) is 0 Å². The molecule has 2 rings (SSSR count). The largest absolute Gasteiger partial charge is 0.504 e. The molecule has 0 amide bonds. The van der Waals surface area contributed by atoms with Crippen LogP contribution in [0.3, 0.4) is 0 Å². The maximum absolute atomic E-state index is 9.33. The minimum atomic E-state index is 0.266. The van der Waals surface area contributed by atoms with Crippen molar-refractivity contribution in [3.8, 4) is 11.5 Å². The van der Waals surface area contributed by atoms with Crippen LogP contribution in [0, 0.1) is 0 Å². The van der Waals surface area contributed by atoms with Crippen molar-refractivity contribution in [2.75, 3.05) is 13.7 Å². The molecule has 3 nitrogen and oxygen atoms in total. The third-order valence-electron chi connectivity index (χ3n) is 1.91. The SMILES string of the molecule is CO.Oc1cccc2c1OCCC2. The van der Waals surface area contributed by atoms with Gasteiger partial charge in [0.05, 0.1) is 6.61 Å². The molecule has 3 heteroatoms. The van der Waals surface area contributed by atoms with Crippen LogP contribution < -0.4 is 4.74 Å². The molecule has 13 heavy (non-hydrogen) atoms. The summed E-state index contributed by atoms with van der Waals surface area (Å²) < 4.78 is 5.30. The van der Waals surface area contributed by atoms with Gasteiger partial charge in [-0.25, -0.2) is 0 Å². The van der Waals surface area contributed by atoms with Gasteiger partial charge < -0.3 is 14.9 Å². The third kappa shape index (κ3) is 2.12. The molecule has 0 atom stereocenters. The molecule has 1 aromatic rings. The molecule has 2 N–H and O–H groups in total. The van der Waals surface area contributed by atoms with Gasteiger partial charge in [0.15, 0.2) is 11.5 Å². The summed E-state index contributed by atoms with van der Waals surface area (Å²) in [6.07, 6.45) is 2.07. The average molecular weight is 182 g/mol. The normalized spacial score (nSPS) is 13.4. The predicted octanol–water partition coefficient (Wildman–Crippen LogP) is 1.33. The van der Waals surface area contributed by atoms with Crippen molar-refractivity contribution in [3.63, 3.8) is 0 Å². The first-order valence-electron chi connectivity index (χ1n) is 4.26. The lowest BCUT2D eigenvalue weighted by Gasteiger charge is -2.17. The van der Waals surface area contributed by atoms with Gasteiger partial charge in [-0.05, 0) is 24.5 Å². The molecule has 72 valence electrons. The maximum atomic E-state index is 9.33. The molecule has 0 saturated heterocycles. The van der Waals surface area contributed by atoms with Gasteiger partial charge in [0, 0.05) is 7.11 Å². The highest BCUT2D eigenvalue weighted by Crippen LogP contribution is 2.33. The number of rotatable bonds is 0. The van der Waals surface area contributed by atoms with Gasteiger partial charge in [0.2, 0.25) is 0 Å². The summed E-state index contributed by atoms with van der Waals surface area (Å²) in [5.74, 6) is 0.945. The summed E-state index contributed by atoms with van der Waals surface area (Å²) >= 11 is 0. The van der Waals surface area contributed by atoms with Crippen molar-refractivity contribution in [1.29, 1.82) is 0 Å². The number of fused-ring (bicyclic) bond motifs is 1. The fraction of sp³-hybridized carbons (Fsp3) is 0.400. The van der Waals surface area contributed by atoms with Gasteiger partial charge in [-0.1, -0.05) is 12.1 Å². The number of ether oxygens (including phenoxy) is 1. The van der Waals surface area contributed by atoms with Gasteiger partial charge in [-0.15, -0.1) is 0 Å². The second-order valence-corrected chi connectivity index (χ2v) is 2.72. The second kappa shape index (κ2) is 4.72. The van der Waals surface area contributed by atoms with Crippen LogP contribution in [-0.2, 0) is 6.42 Å². The number of hydrogen-bond acceptors (Lipinski definition) is 3. The van der Waals surface area contributed by atoms with Gasteiger partial charge in [0.25, 0.3) is 0 Å². The van der Waals surface area contributed by atoms with Crippen LogP contribution in [0.1, 0.15) is 12.0 Å². The van der Waals surface area contributed by atoms with Crippen molar-refractivity contribution in [2.45, 2.75) is 12.8 Å². The van der Waals surface area contributed by atoms with E-state index in [-0.39, 0.29) is 5.75 Å². The molecule has 0 aromatic heterocycles. The molecule has 0 fully saturated rings. The Morgan fingerprint density at radius 1 is 1.31 bits per heavy atom. The van der Waals surface area contributed by atoms with Crippen LogP contribution in [0.2, 0.25) is 0 Å². The first-order chi connectivity index (χ1) is 6.38. The predicted molar refractivity (Wildman–Crippen MR) is 50.1 cm³/mol. The summed E-state index contributed by atoms with van der Waals surface area (Å²) in [6.45, 7) is 0.727. The fourth-order valence-corrected chi connectivity index (χ4v) is 1.37. The highest BCUT2D eigenvalue weighted by Gasteiger charge is 2.12. The minimum Gasteiger partial charge on any atom is -0.504 e. The van der Waals surface area contributed by atoms with E-state index < -0.39 is 0 Å². The number of para-hydroxylation sites is 1. The van der Waals surface area contributed by atoms with E-state index in [4.69, 9.17) is 9.84 Å². The Labute approximate surface area is 77.6 Å². The summed E-state index contributed by atoms with van der Waals surface area (Å²) in [4.78, 5) is 0. The topological polar surface area (TPSA) is 49.7 Å². The minimum absolute atomic E-state index is 0.266. The quantitative estimate of drug-likeness (QED) is 0.636. The van der Waals surface area contributed by atoms with E-state index in [1.165, 1.54) is 0 Å². The Morgan fingerprint density at radius 3 is 2.77 bits per heavy atom. The lowest BCUT2D eigenvalue weighted by Crippen LogP contribution is -2.07. The zero-order valence-corrected chi connectivity index (χ0v) is 7.66. The second-order valence-electron chi connectivity index (χ2n) is 2.72. The van der Waals surface area contributed by atoms with Crippen LogP contribution in [0.25, 0.3) is 0 Å². The molecule has 0 unspecified atom stereocenters. The number of aryl methyl sites for hydroxylation is 1. The van der Waals surface area contributed by atoms with Crippen LogP contribution in [-0.4, -0.2) is 23.9 Å². The zero-order chi connectivity index (χ0) is 9.68. The summed E-state index contributed by atoms with van der Waals surface area (Å²) in [7, 11) is 1.00. The van der Waals surface area contributed by atoms with Gasteiger partial charge in [0.1, 0.15) is 0 Å². The third-order valence-corrected chi connectivity index (χ3v) is 1.91. The van der Waals surface area contributed by atoms with E-state index >= 15 is 0 Å². The number of aliphatic hydroxyl groups excluding tert-OH is 1. The van der Waals surface area contributed by atoms with Gasteiger partial charge in [-0.3, -0.25) is 0 Å². The Balaban J connectivity index is 0.000000396. The number of hydrogen-bond donors (Lipinski definition) is 2. The molecule has 0 radical (unpaired) electrons. The Morgan fingerprint density at radius 2 is 2.08 bits per heavy atom. The van der Waals surface area contributed by atoms with E-state index in [0.29, 0.717) is 5.75 Å². The molecule has 1 aromatic carbocycles. The van der Waals surface area contributed by atoms with Crippen LogP contribution in [0.15, 0.2) is 18.2 Å². The number of aliphatic hydroxyl groups is 1. The fourth-order valence-electron chi connectivity index (χ4n) is 1.37. The van der Waals surface area contributed by atoms with Crippen molar-refractivity contribution >= 4 is 0 Å². The number of benzene rings is 1. The Bertz CT molecular complexity index is 271. The molecule has 0 saturated carbocycles. The Kier molecular flexibility index (Phi) is 3.58. The zero-order valence-electron chi connectivity index (χ0n) is 7.66. The molecule has 0 bridgehead atoms. The Hall–Kier alpha value is -1.22. The van der Waals surface area contributed by atoms with Crippen LogP contribution in [0.5, 0.6) is 11.5 Å². The first-order valence-corrected chi connectivity index (χ1v) is 4.26. The van der Waals surface area contributed by atoms with E-state index in [2.05, 4.69) is 0 Å². The van der Waals surface area contributed by atoms with E-state index in [9.17, 15) is 5.11 Å². The lowest BCUT2D eigenvalue weighted by molar-refractivity contribution is 0.273. The summed E-state index contributed by atoms with van der Waals surface area (Å²) in [6, 6.07) is 5.50. The monoisotopic (exact) mass is 182 g/mol.